The Bertz CT molecular complexity index is 1130. The standard InChI is InChI=1S/C21H19N3O2/c22-13-15-7-1-2-8-16(15)14-23-19-12-6-5-11-18(19)20(25)24(21(23)26)17-9-3-4-10-17/h1-2,5-8,11-12,17H,3-4,9-10,14H2. The molecule has 0 N–H and O–H groups in total. The monoisotopic (exact) mass is 345 g/mol. The van der Waals surface area contributed by atoms with Gasteiger partial charge in [-0.1, -0.05) is 43.2 Å². The van der Waals surface area contributed by atoms with Gasteiger partial charge in [0.1, 0.15) is 0 Å². The molecule has 1 saturated carbocycles. The Morgan fingerprint density at radius 1 is 1.00 bits per heavy atom. The van der Waals surface area contributed by atoms with Gasteiger partial charge in [-0.2, -0.15) is 5.26 Å². The lowest BCUT2D eigenvalue weighted by Crippen LogP contribution is -2.42. The summed E-state index contributed by atoms with van der Waals surface area (Å²) in [6.45, 7) is 0.274. The molecule has 0 amide bonds. The second-order valence-electron chi connectivity index (χ2n) is 6.77. The minimum atomic E-state index is -0.284. The molecule has 0 aliphatic heterocycles. The fraction of sp³-hybridized carbons (Fsp3) is 0.286. The van der Waals surface area contributed by atoms with Crippen LogP contribution in [0.5, 0.6) is 0 Å². The number of hydrogen-bond donors (Lipinski definition) is 0. The van der Waals surface area contributed by atoms with Gasteiger partial charge >= 0.3 is 5.69 Å². The second kappa shape index (κ2) is 6.64. The van der Waals surface area contributed by atoms with Crippen LogP contribution in [-0.4, -0.2) is 9.13 Å². The van der Waals surface area contributed by atoms with Crippen LogP contribution in [0.1, 0.15) is 42.9 Å². The van der Waals surface area contributed by atoms with Crippen molar-refractivity contribution in [2.24, 2.45) is 0 Å². The van der Waals surface area contributed by atoms with Gasteiger partial charge < -0.3 is 0 Å². The van der Waals surface area contributed by atoms with Crippen LogP contribution in [0.4, 0.5) is 0 Å². The molecule has 4 rings (SSSR count). The van der Waals surface area contributed by atoms with Crippen molar-refractivity contribution in [3.8, 4) is 6.07 Å². The van der Waals surface area contributed by atoms with Crippen molar-refractivity contribution < 1.29 is 0 Å². The maximum Gasteiger partial charge on any atom is 0.332 e. The fourth-order valence-electron chi connectivity index (χ4n) is 3.91. The smallest absolute Gasteiger partial charge is 0.289 e. The first-order valence-electron chi connectivity index (χ1n) is 8.93. The number of benzene rings is 2. The molecule has 5 heteroatoms. The third-order valence-corrected chi connectivity index (χ3v) is 5.24. The average Bonchev–Trinajstić information content (AvgIpc) is 3.20. The van der Waals surface area contributed by atoms with Gasteiger partial charge in [0, 0.05) is 6.04 Å². The van der Waals surface area contributed by atoms with Gasteiger partial charge in [0.25, 0.3) is 5.56 Å². The van der Waals surface area contributed by atoms with E-state index < -0.39 is 0 Å². The Kier molecular flexibility index (Phi) is 4.18. The minimum absolute atomic E-state index is 0.0305. The molecule has 3 aromatic rings. The summed E-state index contributed by atoms with van der Waals surface area (Å²) >= 11 is 0. The molecule has 2 aromatic carbocycles. The van der Waals surface area contributed by atoms with Crippen LogP contribution in [-0.2, 0) is 6.54 Å². The summed E-state index contributed by atoms with van der Waals surface area (Å²) in [5.74, 6) is 0. The van der Waals surface area contributed by atoms with Crippen LogP contribution in [0, 0.1) is 11.3 Å². The summed E-state index contributed by atoms with van der Waals surface area (Å²) in [6, 6.07) is 16.6. The molecule has 1 aromatic heterocycles. The van der Waals surface area contributed by atoms with E-state index in [1.807, 2.05) is 30.3 Å². The number of nitrogens with zero attached hydrogens (tertiary/aromatic N) is 3. The number of hydrogen-bond acceptors (Lipinski definition) is 3. The topological polar surface area (TPSA) is 67.8 Å². The van der Waals surface area contributed by atoms with E-state index >= 15 is 0 Å². The van der Waals surface area contributed by atoms with Crippen molar-refractivity contribution in [2.45, 2.75) is 38.3 Å². The highest BCUT2D eigenvalue weighted by Crippen LogP contribution is 2.27. The van der Waals surface area contributed by atoms with Gasteiger partial charge in [0.2, 0.25) is 0 Å². The molecular weight excluding hydrogens is 326 g/mol. The third-order valence-electron chi connectivity index (χ3n) is 5.24. The normalized spacial score (nSPS) is 14.6. The Morgan fingerprint density at radius 2 is 1.69 bits per heavy atom. The van der Waals surface area contributed by atoms with Crippen molar-refractivity contribution in [2.75, 3.05) is 0 Å². The first kappa shape index (κ1) is 16.3. The summed E-state index contributed by atoms with van der Waals surface area (Å²) in [7, 11) is 0. The van der Waals surface area contributed by atoms with E-state index in [0.29, 0.717) is 16.5 Å². The van der Waals surface area contributed by atoms with Gasteiger partial charge in [-0.25, -0.2) is 4.79 Å². The van der Waals surface area contributed by atoms with Crippen LogP contribution in [0.2, 0.25) is 0 Å². The Balaban J connectivity index is 1.98. The Hall–Kier alpha value is -3.13. The van der Waals surface area contributed by atoms with Crippen LogP contribution >= 0.6 is 0 Å². The minimum Gasteiger partial charge on any atom is -0.289 e. The number of fused-ring (bicyclic) bond motifs is 1. The molecule has 0 saturated heterocycles. The molecule has 0 unspecified atom stereocenters. The summed E-state index contributed by atoms with van der Waals surface area (Å²) < 4.78 is 3.07. The van der Waals surface area contributed by atoms with Gasteiger partial charge in [-0.3, -0.25) is 13.9 Å². The van der Waals surface area contributed by atoms with E-state index in [1.54, 1.807) is 22.8 Å². The second-order valence-corrected chi connectivity index (χ2v) is 6.77. The predicted octanol–water partition coefficient (Wildman–Crippen LogP) is 3.20. The van der Waals surface area contributed by atoms with Crippen molar-refractivity contribution >= 4 is 10.9 Å². The number of aromatic nitrogens is 2. The number of nitriles is 1. The van der Waals surface area contributed by atoms with E-state index in [1.165, 1.54) is 4.57 Å². The molecule has 26 heavy (non-hydrogen) atoms. The highest BCUT2D eigenvalue weighted by molar-refractivity contribution is 5.78. The van der Waals surface area contributed by atoms with Crippen LogP contribution in [0.15, 0.2) is 58.1 Å². The zero-order valence-electron chi connectivity index (χ0n) is 14.4. The van der Waals surface area contributed by atoms with E-state index in [4.69, 9.17) is 0 Å². The van der Waals surface area contributed by atoms with Crippen LogP contribution in [0.25, 0.3) is 10.9 Å². The lowest BCUT2D eigenvalue weighted by Gasteiger charge is -2.18. The lowest BCUT2D eigenvalue weighted by atomic mass is 10.1. The van der Waals surface area contributed by atoms with Gasteiger partial charge in [-0.05, 0) is 36.6 Å². The molecule has 1 fully saturated rings. The first-order chi connectivity index (χ1) is 12.7. The van der Waals surface area contributed by atoms with Gasteiger partial charge in [0.15, 0.2) is 0 Å². The molecule has 0 spiro atoms. The van der Waals surface area contributed by atoms with Crippen LogP contribution < -0.4 is 11.2 Å². The van der Waals surface area contributed by atoms with Crippen LogP contribution in [0.3, 0.4) is 0 Å². The molecule has 5 nitrogen and oxygen atoms in total. The van der Waals surface area contributed by atoms with Crippen molar-refractivity contribution in [3.63, 3.8) is 0 Å². The molecule has 1 aliphatic carbocycles. The number of rotatable bonds is 3. The molecule has 1 aliphatic rings. The van der Waals surface area contributed by atoms with Gasteiger partial charge in [-0.15, -0.1) is 0 Å². The highest BCUT2D eigenvalue weighted by Gasteiger charge is 2.23. The molecular formula is C21H19N3O2. The summed E-state index contributed by atoms with van der Waals surface area (Å²) in [5.41, 5.74) is 1.45. The molecule has 0 bridgehead atoms. The zero-order chi connectivity index (χ0) is 18.1. The molecule has 130 valence electrons. The molecule has 0 atom stereocenters. The lowest BCUT2D eigenvalue weighted by molar-refractivity contribution is 0.466. The third kappa shape index (κ3) is 2.64. The van der Waals surface area contributed by atoms with E-state index in [2.05, 4.69) is 6.07 Å². The quantitative estimate of drug-likeness (QED) is 0.732. The maximum atomic E-state index is 13.2. The summed E-state index contributed by atoms with van der Waals surface area (Å²) in [5, 5.41) is 9.91. The van der Waals surface area contributed by atoms with Crippen molar-refractivity contribution in [1.29, 1.82) is 5.26 Å². The maximum absolute atomic E-state index is 13.2. The molecule has 1 heterocycles. The highest BCUT2D eigenvalue weighted by atomic mass is 16.2. The fourth-order valence-corrected chi connectivity index (χ4v) is 3.91. The van der Waals surface area contributed by atoms with E-state index in [-0.39, 0.29) is 23.8 Å². The zero-order valence-corrected chi connectivity index (χ0v) is 14.4. The first-order valence-corrected chi connectivity index (χ1v) is 8.93. The predicted molar refractivity (Wildman–Crippen MR) is 100 cm³/mol. The van der Waals surface area contributed by atoms with Crippen molar-refractivity contribution in [1.82, 2.24) is 9.13 Å². The Morgan fingerprint density at radius 3 is 2.46 bits per heavy atom. The Labute approximate surface area is 150 Å². The molecule has 0 radical (unpaired) electrons. The largest absolute Gasteiger partial charge is 0.332 e. The summed E-state index contributed by atoms with van der Waals surface area (Å²) in [4.78, 5) is 26.2. The average molecular weight is 345 g/mol. The van der Waals surface area contributed by atoms with E-state index in [9.17, 15) is 14.9 Å². The number of para-hydroxylation sites is 1. The van der Waals surface area contributed by atoms with E-state index in [0.717, 1.165) is 31.2 Å². The SMILES string of the molecule is N#Cc1ccccc1Cn1c(=O)n(C2CCCC2)c(=O)c2ccccc21. The van der Waals surface area contributed by atoms with Crippen molar-refractivity contribution in [3.05, 3.63) is 80.5 Å². The van der Waals surface area contributed by atoms with Gasteiger partial charge in [0.05, 0.1) is 29.1 Å². The summed E-state index contributed by atoms with van der Waals surface area (Å²) in [6.07, 6.45) is 3.81.